The molecule has 31 heavy (non-hydrogen) atoms. The van der Waals surface area contributed by atoms with Crippen LogP contribution in [-0.4, -0.2) is 34.0 Å². The van der Waals surface area contributed by atoms with Gasteiger partial charge in [0.05, 0.1) is 24.1 Å². The number of carbonyl (C=O) groups is 1. The number of rotatable bonds is 5. The Labute approximate surface area is 180 Å². The van der Waals surface area contributed by atoms with Gasteiger partial charge in [0, 0.05) is 19.5 Å². The maximum atomic E-state index is 13.3. The van der Waals surface area contributed by atoms with Crippen molar-refractivity contribution in [2.45, 2.75) is 44.7 Å². The molecule has 7 nitrogen and oxygen atoms in total. The van der Waals surface area contributed by atoms with Crippen LogP contribution in [0.2, 0.25) is 0 Å². The summed E-state index contributed by atoms with van der Waals surface area (Å²) in [6.45, 7) is 0.928. The van der Waals surface area contributed by atoms with E-state index < -0.39 is 11.2 Å². The zero-order valence-corrected chi connectivity index (χ0v) is 17.7. The number of aromatic amines is 1. The molecule has 4 rings (SSSR count). The molecule has 1 amide bonds. The standard InChI is InChI=1S/C24H27N3O4/c1-31-18-12-10-17(11-13-18)20-8-3-2-6-15-26(20)22(28)14-16-27-21-9-5-4-7-19(21)23(29)25-24(27)30/h4-5,7,9-13,20H,2-3,6,8,14-16H2,1H3,(H,25,29,30). The highest BCUT2D eigenvalue weighted by Gasteiger charge is 2.26. The predicted octanol–water partition coefficient (Wildman–Crippen LogP) is 3.23. The number of amides is 1. The summed E-state index contributed by atoms with van der Waals surface area (Å²) < 4.78 is 6.74. The normalized spacial score (nSPS) is 16.8. The van der Waals surface area contributed by atoms with Gasteiger partial charge in [-0.25, -0.2) is 4.79 Å². The molecule has 2 aromatic carbocycles. The van der Waals surface area contributed by atoms with Gasteiger partial charge in [-0.15, -0.1) is 0 Å². The summed E-state index contributed by atoms with van der Waals surface area (Å²) >= 11 is 0. The molecule has 0 aliphatic carbocycles. The van der Waals surface area contributed by atoms with Crippen molar-refractivity contribution in [1.29, 1.82) is 0 Å². The highest BCUT2D eigenvalue weighted by molar-refractivity contribution is 5.79. The SMILES string of the molecule is COc1ccc(C2CCCCCN2C(=O)CCn2c(=O)[nH]c(=O)c3ccccc32)cc1. The molecular weight excluding hydrogens is 394 g/mol. The first-order valence-electron chi connectivity index (χ1n) is 10.7. The first-order chi connectivity index (χ1) is 15.1. The van der Waals surface area contributed by atoms with Crippen LogP contribution in [0.25, 0.3) is 10.9 Å². The summed E-state index contributed by atoms with van der Waals surface area (Å²) in [7, 11) is 1.64. The van der Waals surface area contributed by atoms with E-state index in [1.165, 1.54) is 4.57 Å². The van der Waals surface area contributed by atoms with E-state index in [0.717, 1.165) is 37.0 Å². The number of aryl methyl sites for hydroxylation is 1. The zero-order chi connectivity index (χ0) is 21.8. The Morgan fingerprint density at radius 2 is 1.84 bits per heavy atom. The molecule has 1 fully saturated rings. The molecule has 162 valence electrons. The molecule has 0 radical (unpaired) electrons. The fourth-order valence-electron chi connectivity index (χ4n) is 4.39. The van der Waals surface area contributed by atoms with Crippen molar-refractivity contribution in [2.75, 3.05) is 13.7 Å². The van der Waals surface area contributed by atoms with Gasteiger partial charge in [-0.2, -0.15) is 0 Å². The molecule has 0 spiro atoms. The summed E-state index contributed by atoms with van der Waals surface area (Å²) in [6.07, 6.45) is 4.26. The molecule has 1 aliphatic rings. The topological polar surface area (TPSA) is 84.4 Å². The fraction of sp³-hybridized carbons (Fsp3) is 0.375. The van der Waals surface area contributed by atoms with E-state index in [1.54, 1.807) is 31.4 Å². The number of methoxy groups -OCH3 is 1. The first kappa shape index (κ1) is 20.9. The number of likely N-dealkylation sites (tertiary alicyclic amines) is 1. The second-order valence-electron chi connectivity index (χ2n) is 7.90. The minimum atomic E-state index is -0.487. The number of hydrogen-bond acceptors (Lipinski definition) is 4. The summed E-state index contributed by atoms with van der Waals surface area (Å²) in [5.41, 5.74) is 0.753. The summed E-state index contributed by atoms with van der Waals surface area (Å²) in [5, 5.41) is 0.445. The monoisotopic (exact) mass is 421 g/mol. The van der Waals surface area contributed by atoms with Crippen LogP contribution in [0.4, 0.5) is 0 Å². The van der Waals surface area contributed by atoms with E-state index in [-0.39, 0.29) is 24.9 Å². The van der Waals surface area contributed by atoms with E-state index >= 15 is 0 Å². The number of carbonyl (C=O) groups excluding carboxylic acids is 1. The molecule has 0 saturated carbocycles. The minimum Gasteiger partial charge on any atom is -0.497 e. The van der Waals surface area contributed by atoms with Crippen molar-refractivity contribution in [3.8, 4) is 5.75 Å². The lowest BCUT2D eigenvalue weighted by Gasteiger charge is -2.31. The molecule has 3 aromatic rings. The van der Waals surface area contributed by atoms with E-state index in [2.05, 4.69) is 4.98 Å². The third kappa shape index (κ3) is 4.40. The van der Waals surface area contributed by atoms with Crippen LogP contribution in [0.15, 0.2) is 58.1 Å². The maximum absolute atomic E-state index is 13.3. The van der Waals surface area contributed by atoms with E-state index in [9.17, 15) is 14.4 Å². The average Bonchev–Trinajstić information content (AvgIpc) is 3.05. The van der Waals surface area contributed by atoms with Crippen molar-refractivity contribution in [2.24, 2.45) is 0 Å². The van der Waals surface area contributed by atoms with Gasteiger partial charge >= 0.3 is 5.69 Å². The quantitative estimate of drug-likeness (QED) is 0.686. The van der Waals surface area contributed by atoms with Crippen molar-refractivity contribution in [3.05, 3.63) is 74.9 Å². The second-order valence-corrected chi connectivity index (χ2v) is 7.90. The number of nitrogens with one attached hydrogen (secondary N) is 1. The lowest BCUT2D eigenvalue weighted by Crippen LogP contribution is -2.37. The lowest BCUT2D eigenvalue weighted by atomic mass is 10.0. The highest BCUT2D eigenvalue weighted by Crippen LogP contribution is 2.31. The number of aromatic nitrogens is 2. The number of para-hydroxylation sites is 1. The van der Waals surface area contributed by atoms with E-state index in [4.69, 9.17) is 4.74 Å². The zero-order valence-electron chi connectivity index (χ0n) is 17.7. The Hall–Kier alpha value is -3.35. The average molecular weight is 421 g/mol. The van der Waals surface area contributed by atoms with Gasteiger partial charge in [-0.3, -0.25) is 19.1 Å². The van der Waals surface area contributed by atoms with Gasteiger partial charge in [0.2, 0.25) is 5.91 Å². The van der Waals surface area contributed by atoms with Crippen molar-refractivity contribution in [3.63, 3.8) is 0 Å². The Morgan fingerprint density at radius 3 is 2.61 bits per heavy atom. The summed E-state index contributed by atoms with van der Waals surface area (Å²) in [5.74, 6) is 0.810. The molecule has 0 bridgehead atoms. The maximum Gasteiger partial charge on any atom is 0.328 e. The molecule has 1 N–H and O–H groups in total. The molecule has 2 heterocycles. The Bertz CT molecular complexity index is 1180. The number of fused-ring (bicyclic) bond motifs is 1. The van der Waals surface area contributed by atoms with Crippen LogP contribution >= 0.6 is 0 Å². The number of H-pyrrole nitrogens is 1. The van der Waals surface area contributed by atoms with Crippen LogP contribution in [0, 0.1) is 0 Å². The van der Waals surface area contributed by atoms with Crippen LogP contribution in [-0.2, 0) is 11.3 Å². The lowest BCUT2D eigenvalue weighted by molar-refractivity contribution is -0.133. The summed E-state index contributed by atoms with van der Waals surface area (Å²) in [4.78, 5) is 42.0. The van der Waals surface area contributed by atoms with Gasteiger partial charge in [0.1, 0.15) is 5.75 Å². The van der Waals surface area contributed by atoms with Gasteiger partial charge < -0.3 is 9.64 Å². The molecule has 7 heteroatoms. The summed E-state index contributed by atoms with van der Waals surface area (Å²) in [6, 6.07) is 14.9. The largest absolute Gasteiger partial charge is 0.497 e. The Kier molecular flexibility index (Phi) is 6.21. The third-order valence-electron chi connectivity index (χ3n) is 6.03. The number of nitrogens with zero attached hydrogens (tertiary/aromatic N) is 2. The smallest absolute Gasteiger partial charge is 0.328 e. The van der Waals surface area contributed by atoms with Gasteiger partial charge in [-0.1, -0.05) is 37.1 Å². The van der Waals surface area contributed by atoms with Gasteiger partial charge in [0.25, 0.3) is 5.56 Å². The predicted molar refractivity (Wildman–Crippen MR) is 119 cm³/mol. The van der Waals surface area contributed by atoms with Crippen LogP contribution in [0.3, 0.4) is 0 Å². The first-order valence-corrected chi connectivity index (χ1v) is 10.7. The van der Waals surface area contributed by atoms with Crippen LogP contribution in [0.1, 0.15) is 43.7 Å². The molecule has 1 saturated heterocycles. The molecular formula is C24H27N3O4. The Balaban J connectivity index is 1.57. The molecule has 1 unspecified atom stereocenters. The Morgan fingerprint density at radius 1 is 1.06 bits per heavy atom. The highest BCUT2D eigenvalue weighted by atomic mass is 16.5. The number of benzene rings is 2. The van der Waals surface area contributed by atoms with Crippen molar-refractivity contribution < 1.29 is 9.53 Å². The van der Waals surface area contributed by atoms with E-state index in [0.29, 0.717) is 17.4 Å². The van der Waals surface area contributed by atoms with Crippen molar-refractivity contribution >= 4 is 16.8 Å². The van der Waals surface area contributed by atoms with E-state index in [1.807, 2.05) is 29.2 Å². The number of ether oxygens (including phenoxy) is 1. The minimum absolute atomic E-state index is 0.0184. The third-order valence-corrected chi connectivity index (χ3v) is 6.03. The van der Waals surface area contributed by atoms with Crippen LogP contribution in [0.5, 0.6) is 5.75 Å². The molecule has 1 aliphatic heterocycles. The van der Waals surface area contributed by atoms with Crippen LogP contribution < -0.4 is 16.0 Å². The molecule has 1 aromatic heterocycles. The number of hydrogen-bond donors (Lipinski definition) is 1. The fourth-order valence-corrected chi connectivity index (χ4v) is 4.39. The second kappa shape index (κ2) is 9.20. The van der Waals surface area contributed by atoms with Gasteiger partial charge in [-0.05, 0) is 42.7 Å². The molecule has 1 atom stereocenters. The van der Waals surface area contributed by atoms with Gasteiger partial charge in [0.15, 0.2) is 0 Å². The van der Waals surface area contributed by atoms with Crippen molar-refractivity contribution in [1.82, 2.24) is 14.5 Å².